The van der Waals surface area contributed by atoms with Crippen molar-refractivity contribution in [2.45, 2.75) is 20.3 Å². The highest BCUT2D eigenvalue weighted by molar-refractivity contribution is 5.17. The van der Waals surface area contributed by atoms with Crippen molar-refractivity contribution in [1.82, 2.24) is 0 Å². The van der Waals surface area contributed by atoms with Gasteiger partial charge >= 0.3 is 0 Å². The molecule has 1 nitrogen and oxygen atoms in total. The summed E-state index contributed by atoms with van der Waals surface area (Å²) >= 11 is 0. The van der Waals surface area contributed by atoms with Crippen LogP contribution in [0.1, 0.15) is 20.3 Å². The van der Waals surface area contributed by atoms with E-state index in [0.29, 0.717) is 0 Å². The quantitative estimate of drug-likeness (QED) is 0.352. The smallest absolute Gasteiger partial charge is 0.118 e. The molecule has 0 amide bonds. The van der Waals surface area contributed by atoms with E-state index in [9.17, 15) is 0 Å². The monoisotopic (exact) mass is 164 g/mol. The van der Waals surface area contributed by atoms with E-state index >= 15 is 0 Å². The van der Waals surface area contributed by atoms with Gasteiger partial charge in [0.1, 0.15) is 5.76 Å². The zero-order valence-electron chi connectivity index (χ0n) is 8.05. The third kappa shape index (κ3) is 4.59. The van der Waals surface area contributed by atoms with Crippen LogP contribution in [0.3, 0.4) is 0 Å². The highest BCUT2D eigenvalue weighted by Crippen LogP contribution is 1.97. The molecule has 12 heavy (non-hydrogen) atoms. The normalized spacial score (nSPS) is 10.1. The maximum absolute atomic E-state index is 4.98. The van der Waals surface area contributed by atoms with Crippen molar-refractivity contribution in [2.75, 3.05) is 7.11 Å². The molecule has 0 aromatic rings. The minimum absolute atomic E-state index is 0.756. The lowest BCUT2D eigenvalue weighted by molar-refractivity contribution is 0.307. The summed E-state index contributed by atoms with van der Waals surface area (Å²) in [6, 6.07) is 0. The van der Waals surface area contributed by atoms with Crippen LogP contribution >= 0.6 is 0 Å². The lowest BCUT2D eigenvalue weighted by atomic mass is 10.2. The minimum Gasteiger partial charge on any atom is -0.497 e. The predicted octanol–water partition coefficient (Wildman–Crippen LogP) is 3.21. The molecule has 0 aromatic carbocycles. The summed E-state index contributed by atoms with van der Waals surface area (Å²) in [4.78, 5) is 0. The molecule has 0 bridgehead atoms. The van der Waals surface area contributed by atoms with Crippen LogP contribution in [0.5, 0.6) is 0 Å². The molecule has 0 fully saturated rings. The second kappa shape index (κ2) is 6.51. The van der Waals surface area contributed by atoms with E-state index in [2.05, 4.69) is 19.2 Å². The topological polar surface area (TPSA) is 9.23 Å². The second-order valence-corrected chi connectivity index (χ2v) is 2.42. The fourth-order valence-electron chi connectivity index (χ4n) is 0.588. The van der Waals surface area contributed by atoms with Crippen LogP contribution in [-0.4, -0.2) is 7.11 Å². The second-order valence-electron chi connectivity index (χ2n) is 2.42. The van der Waals surface area contributed by atoms with Crippen molar-refractivity contribution >= 4 is 0 Å². The highest BCUT2D eigenvalue weighted by atomic mass is 16.5. The number of ether oxygens (including phenoxy) is 1. The molecular formula is C11H16O. The first-order chi connectivity index (χ1) is 5.74. The van der Waals surface area contributed by atoms with Crippen LogP contribution in [0.15, 0.2) is 41.9 Å². The summed E-state index contributed by atoms with van der Waals surface area (Å²) in [6.45, 7) is 7.75. The average molecular weight is 164 g/mol. The number of methoxy groups -OCH3 is 1. The molecule has 0 aliphatic heterocycles. The fraction of sp³-hybridized carbons (Fsp3) is 0.364. The Hall–Kier alpha value is -1.20. The van der Waals surface area contributed by atoms with Crippen molar-refractivity contribution < 1.29 is 4.74 Å². The Kier molecular flexibility index (Phi) is 5.86. The van der Waals surface area contributed by atoms with Gasteiger partial charge in [-0.1, -0.05) is 13.5 Å². The van der Waals surface area contributed by atoms with Gasteiger partial charge in [-0.05, 0) is 37.1 Å². The van der Waals surface area contributed by atoms with Crippen molar-refractivity contribution in [3.05, 3.63) is 41.9 Å². The molecule has 0 saturated carbocycles. The molecule has 0 unspecified atom stereocenters. The highest BCUT2D eigenvalue weighted by Gasteiger charge is 1.81. The van der Waals surface area contributed by atoms with E-state index in [1.54, 1.807) is 13.2 Å². The van der Waals surface area contributed by atoms with Crippen molar-refractivity contribution in [3.8, 4) is 0 Å². The molecule has 0 spiro atoms. The third-order valence-electron chi connectivity index (χ3n) is 1.54. The molecule has 0 aliphatic carbocycles. The van der Waals surface area contributed by atoms with Gasteiger partial charge in [-0.25, -0.2) is 0 Å². The Labute approximate surface area is 74.7 Å². The van der Waals surface area contributed by atoms with E-state index in [4.69, 9.17) is 4.74 Å². The van der Waals surface area contributed by atoms with Crippen molar-refractivity contribution in [3.63, 3.8) is 0 Å². The van der Waals surface area contributed by atoms with Crippen LogP contribution in [0, 0.1) is 0 Å². The van der Waals surface area contributed by atoms with Crippen LogP contribution in [0.2, 0.25) is 0 Å². The van der Waals surface area contributed by atoms with Gasteiger partial charge in [0.05, 0.1) is 7.11 Å². The lowest BCUT2D eigenvalue weighted by Crippen LogP contribution is -1.77. The summed E-state index contributed by atoms with van der Waals surface area (Å²) in [7, 11) is 1.62. The zero-order chi connectivity index (χ0) is 9.40. The van der Waals surface area contributed by atoms with Gasteiger partial charge in [0.25, 0.3) is 0 Å². The summed E-state index contributed by atoms with van der Waals surface area (Å²) < 4.78 is 4.98. The summed E-state index contributed by atoms with van der Waals surface area (Å²) in [5.41, 5.74) is 4.35. The average Bonchev–Trinajstić information content (AvgIpc) is 2.12. The van der Waals surface area contributed by atoms with Crippen LogP contribution in [-0.2, 0) is 4.74 Å². The molecule has 66 valence electrons. The van der Waals surface area contributed by atoms with Gasteiger partial charge in [0, 0.05) is 0 Å². The zero-order valence-corrected chi connectivity index (χ0v) is 8.05. The van der Waals surface area contributed by atoms with Gasteiger partial charge in [-0.15, -0.1) is 5.73 Å². The molecule has 0 radical (unpaired) electrons. The molecule has 0 aromatic heterocycles. The van der Waals surface area contributed by atoms with Crippen molar-refractivity contribution in [2.24, 2.45) is 0 Å². The molecule has 0 rings (SSSR count). The molecule has 0 saturated heterocycles. The van der Waals surface area contributed by atoms with E-state index in [1.165, 1.54) is 5.57 Å². The lowest BCUT2D eigenvalue weighted by Gasteiger charge is -1.94. The minimum atomic E-state index is 0.756. The van der Waals surface area contributed by atoms with E-state index in [0.717, 1.165) is 12.2 Å². The van der Waals surface area contributed by atoms with E-state index in [-0.39, 0.29) is 0 Å². The van der Waals surface area contributed by atoms with Gasteiger partial charge < -0.3 is 4.74 Å². The number of allylic oxidation sites excluding steroid dienone is 3. The van der Waals surface area contributed by atoms with Gasteiger partial charge in [0.2, 0.25) is 0 Å². The van der Waals surface area contributed by atoms with Gasteiger partial charge in [-0.2, -0.15) is 0 Å². The molecule has 0 atom stereocenters. The Morgan fingerprint density at radius 2 is 2.25 bits per heavy atom. The van der Waals surface area contributed by atoms with Crippen LogP contribution in [0.25, 0.3) is 0 Å². The molecule has 1 heteroatoms. The van der Waals surface area contributed by atoms with Crippen LogP contribution in [0.4, 0.5) is 0 Å². The Morgan fingerprint density at radius 1 is 1.58 bits per heavy atom. The Balaban J connectivity index is 4.36. The van der Waals surface area contributed by atoms with Gasteiger partial charge in [-0.3, -0.25) is 0 Å². The first kappa shape index (κ1) is 10.8. The van der Waals surface area contributed by atoms with Gasteiger partial charge in [0.15, 0.2) is 0 Å². The summed E-state index contributed by atoms with van der Waals surface area (Å²) in [5, 5.41) is 0. The SMILES string of the molecule is C=C/C(=C\C=C=C(C)CC)OC. The largest absolute Gasteiger partial charge is 0.497 e. The van der Waals surface area contributed by atoms with E-state index < -0.39 is 0 Å². The maximum atomic E-state index is 4.98. The summed E-state index contributed by atoms with van der Waals surface area (Å²) in [5.74, 6) is 0.756. The molecule has 0 aliphatic rings. The molecule has 0 N–H and O–H groups in total. The first-order valence-corrected chi connectivity index (χ1v) is 4.03. The van der Waals surface area contributed by atoms with E-state index in [1.807, 2.05) is 19.1 Å². The summed E-state index contributed by atoms with van der Waals surface area (Å²) in [6.07, 6.45) is 6.38. The Morgan fingerprint density at radius 3 is 2.67 bits per heavy atom. The van der Waals surface area contributed by atoms with Crippen LogP contribution < -0.4 is 0 Å². The predicted molar refractivity (Wildman–Crippen MR) is 52.9 cm³/mol. The number of rotatable bonds is 4. The first-order valence-electron chi connectivity index (χ1n) is 4.03. The number of hydrogen-bond donors (Lipinski definition) is 0. The van der Waals surface area contributed by atoms with Crippen molar-refractivity contribution in [1.29, 1.82) is 0 Å². The molecule has 0 heterocycles. The third-order valence-corrected chi connectivity index (χ3v) is 1.54. The standard InChI is InChI=1S/C11H16O/c1-5-10(3)8-7-9-11(6-2)12-4/h6-7,9H,2,5H2,1,3-4H3/b11-9+. The molecular weight excluding hydrogens is 148 g/mol. The Bertz CT molecular complexity index is 227. The number of hydrogen-bond acceptors (Lipinski definition) is 1. The fourth-order valence-corrected chi connectivity index (χ4v) is 0.588. The maximum Gasteiger partial charge on any atom is 0.118 e.